The van der Waals surface area contributed by atoms with Crippen LogP contribution in [0, 0.1) is 13.8 Å². The molecule has 2 N–H and O–H groups in total. The van der Waals surface area contributed by atoms with E-state index in [9.17, 15) is 14.4 Å². The number of anilines is 1. The lowest BCUT2D eigenvalue weighted by molar-refractivity contribution is -0.122. The minimum atomic E-state index is -0.772. The summed E-state index contributed by atoms with van der Waals surface area (Å²) in [5, 5.41) is 2.74. The largest absolute Gasteiger partial charge is 0.481 e. The van der Waals surface area contributed by atoms with Crippen molar-refractivity contribution in [2.45, 2.75) is 33.8 Å². The normalized spacial score (nSPS) is 11.5. The van der Waals surface area contributed by atoms with E-state index in [0.717, 1.165) is 11.4 Å². The van der Waals surface area contributed by atoms with Gasteiger partial charge in [0.2, 0.25) is 0 Å². The zero-order chi connectivity index (χ0) is 22.5. The number of carbonyl (C=O) groups excluding carboxylic acids is 3. The minimum Gasteiger partial charge on any atom is -0.481 e. The lowest BCUT2D eigenvalue weighted by atomic mass is 10.1. The van der Waals surface area contributed by atoms with E-state index in [1.807, 2.05) is 26.0 Å². The number of carbonyl (C=O) groups is 3. The SMILES string of the molecule is CC(=O)c1cccc(NC(=O)[C@H](C)Oc2ccc(C(=O)Nn3c(C)ccc3C)cc2)c1. The van der Waals surface area contributed by atoms with Crippen LogP contribution in [-0.2, 0) is 4.79 Å². The fourth-order valence-corrected chi connectivity index (χ4v) is 3.01. The smallest absolute Gasteiger partial charge is 0.270 e. The second-order valence-corrected chi connectivity index (χ2v) is 7.30. The number of hydrogen-bond acceptors (Lipinski definition) is 4. The van der Waals surface area contributed by atoms with Gasteiger partial charge in [-0.05, 0) is 76.2 Å². The number of ether oxygens (including phenoxy) is 1. The number of rotatable bonds is 7. The van der Waals surface area contributed by atoms with Gasteiger partial charge in [-0.1, -0.05) is 12.1 Å². The molecule has 0 saturated heterocycles. The molecule has 0 aliphatic rings. The summed E-state index contributed by atoms with van der Waals surface area (Å²) in [4.78, 5) is 36.4. The molecule has 3 aromatic rings. The first kappa shape index (κ1) is 21.8. The Morgan fingerprint density at radius 3 is 2.16 bits per heavy atom. The molecule has 1 atom stereocenters. The molecule has 0 saturated carbocycles. The average Bonchev–Trinajstić information content (AvgIpc) is 3.06. The number of hydrogen-bond donors (Lipinski definition) is 2. The zero-order valence-corrected chi connectivity index (χ0v) is 17.9. The Balaban J connectivity index is 1.60. The van der Waals surface area contributed by atoms with Crippen LogP contribution in [0.1, 0.15) is 46.0 Å². The van der Waals surface area contributed by atoms with Gasteiger partial charge in [0.25, 0.3) is 11.8 Å². The second-order valence-electron chi connectivity index (χ2n) is 7.30. The van der Waals surface area contributed by atoms with Crippen LogP contribution >= 0.6 is 0 Å². The summed E-state index contributed by atoms with van der Waals surface area (Å²) in [6.07, 6.45) is -0.772. The Labute approximate surface area is 181 Å². The summed E-state index contributed by atoms with van der Waals surface area (Å²) in [6.45, 7) is 6.92. The van der Waals surface area contributed by atoms with Crippen molar-refractivity contribution in [3.63, 3.8) is 0 Å². The van der Waals surface area contributed by atoms with Crippen LogP contribution in [0.2, 0.25) is 0 Å². The number of aryl methyl sites for hydroxylation is 2. The van der Waals surface area contributed by atoms with Gasteiger partial charge in [0.1, 0.15) is 5.75 Å². The predicted octanol–water partition coefficient (Wildman–Crippen LogP) is 4.10. The highest BCUT2D eigenvalue weighted by atomic mass is 16.5. The van der Waals surface area contributed by atoms with Gasteiger partial charge in [-0.3, -0.25) is 24.5 Å². The van der Waals surface area contributed by atoms with Crippen LogP contribution in [0.5, 0.6) is 5.75 Å². The van der Waals surface area contributed by atoms with Gasteiger partial charge in [0.15, 0.2) is 11.9 Å². The number of ketones is 1. The summed E-state index contributed by atoms with van der Waals surface area (Å²) < 4.78 is 7.41. The first-order valence-corrected chi connectivity index (χ1v) is 9.89. The first-order chi connectivity index (χ1) is 14.7. The van der Waals surface area contributed by atoms with Gasteiger partial charge >= 0.3 is 0 Å². The van der Waals surface area contributed by atoms with Crippen molar-refractivity contribution in [3.05, 3.63) is 83.2 Å². The average molecular weight is 419 g/mol. The molecular formula is C24H25N3O4. The van der Waals surface area contributed by atoms with Gasteiger partial charge < -0.3 is 10.1 Å². The highest BCUT2D eigenvalue weighted by molar-refractivity contribution is 6.00. The van der Waals surface area contributed by atoms with Gasteiger partial charge in [-0.2, -0.15) is 0 Å². The third-order valence-corrected chi connectivity index (χ3v) is 4.82. The molecule has 0 aliphatic carbocycles. The predicted molar refractivity (Wildman–Crippen MR) is 119 cm³/mol. The Bertz CT molecular complexity index is 1100. The van der Waals surface area contributed by atoms with Crippen molar-refractivity contribution < 1.29 is 19.1 Å². The van der Waals surface area contributed by atoms with E-state index < -0.39 is 6.10 Å². The van der Waals surface area contributed by atoms with Crippen LogP contribution in [0.25, 0.3) is 0 Å². The van der Waals surface area contributed by atoms with E-state index in [-0.39, 0.29) is 17.6 Å². The Kier molecular flexibility index (Phi) is 6.55. The van der Waals surface area contributed by atoms with Gasteiger partial charge in [-0.15, -0.1) is 0 Å². The molecule has 7 heteroatoms. The summed E-state index contributed by atoms with van der Waals surface area (Å²) in [6, 6.07) is 17.1. The molecule has 0 fully saturated rings. The monoisotopic (exact) mass is 419 g/mol. The molecule has 2 aromatic carbocycles. The van der Waals surface area contributed by atoms with E-state index in [1.165, 1.54) is 6.92 Å². The van der Waals surface area contributed by atoms with E-state index >= 15 is 0 Å². The van der Waals surface area contributed by atoms with Gasteiger partial charge in [0.05, 0.1) is 0 Å². The molecule has 0 bridgehead atoms. The topological polar surface area (TPSA) is 89.4 Å². The third kappa shape index (κ3) is 5.39. The lowest BCUT2D eigenvalue weighted by Gasteiger charge is -2.15. The molecule has 0 aliphatic heterocycles. The highest BCUT2D eigenvalue weighted by Gasteiger charge is 2.16. The highest BCUT2D eigenvalue weighted by Crippen LogP contribution is 2.16. The lowest BCUT2D eigenvalue weighted by Crippen LogP contribution is -2.30. The number of nitrogens with zero attached hydrogens (tertiary/aromatic N) is 1. The molecule has 31 heavy (non-hydrogen) atoms. The van der Waals surface area contributed by atoms with Crippen LogP contribution in [0.3, 0.4) is 0 Å². The number of nitrogens with one attached hydrogen (secondary N) is 2. The molecule has 0 radical (unpaired) electrons. The molecule has 2 amide bonds. The standard InChI is InChI=1S/C24H25N3O4/c1-15-8-9-16(2)27(15)26-24(30)19-10-12-22(13-11-19)31-18(4)23(29)25-21-7-5-6-20(14-21)17(3)28/h5-14,18H,1-4H3,(H,25,29)(H,26,30)/t18-/m0/s1. The van der Waals surface area contributed by atoms with Crippen molar-refractivity contribution in [1.82, 2.24) is 4.68 Å². The molecule has 0 unspecified atom stereocenters. The van der Waals surface area contributed by atoms with Crippen LogP contribution < -0.4 is 15.5 Å². The second kappa shape index (κ2) is 9.30. The number of amides is 2. The molecule has 1 aromatic heterocycles. The Hall–Kier alpha value is -3.87. The molecule has 7 nitrogen and oxygen atoms in total. The van der Waals surface area contributed by atoms with Crippen molar-refractivity contribution in [2.75, 3.05) is 10.7 Å². The third-order valence-electron chi connectivity index (χ3n) is 4.82. The Morgan fingerprint density at radius 2 is 1.55 bits per heavy atom. The van der Waals surface area contributed by atoms with Gasteiger partial charge in [0, 0.05) is 28.2 Å². The van der Waals surface area contributed by atoms with Crippen molar-refractivity contribution >= 4 is 23.3 Å². The van der Waals surface area contributed by atoms with Crippen molar-refractivity contribution in [1.29, 1.82) is 0 Å². The number of aromatic nitrogens is 1. The summed E-state index contributed by atoms with van der Waals surface area (Å²) in [5.41, 5.74) is 6.22. The number of Topliss-reactive ketones (excluding diaryl/α,β-unsaturated/α-hetero) is 1. The maximum atomic E-state index is 12.5. The van der Waals surface area contributed by atoms with Gasteiger partial charge in [-0.25, -0.2) is 0 Å². The van der Waals surface area contributed by atoms with Crippen molar-refractivity contribution in [2.24, 2.45) is 0 Å². The van der Waals surface area contributed by atoms with Crippen LogP contribution in [0.4, 0.5) is 5.69 Å². The summed E-state index contributed by atoms with van der Waals surface area (Å²) in [7, 11) is 0. The minimum absolute atomic E-state index is 0.0772. The summed E-state index contributed by atoms with van der Waals surface area (Å²) in [5.74, 6) is -0.206. The first-order valence-electron chi connectivity index (χ1n) is 9.89. The Morgan fingerprint density at radius 1 is 0.903 bits per heavy atom. The number of benzene rings is 2. The molecule has 160 valence electrons. The van der Waals surface area contributed by atoms with E-state index in [2.05, 4.69) is 10.7 Å². The molecular weight excluding hydrogens is 394 g/mol. The zero-order valence-electron chi connectivity index (χ0n) is 17.9. The van der Waals surface area contributed by atoms with E-state index in [4.69, 9.17) is 4.74 Å². The molecule has 0 spiro atoms. The van der Waals surface area contributed by atoms with E-state index in [0.29, 0.717) is 22.6 Å². The molecule has 1 heterocycles. The fourth-order valence-electron chi connectivity index (χ4n) is 3.01. The maximum absolute atomic E-state index is 12.5. The van der Waals surface area contributed by atoms with E-state index in [1.54, 1.807) is 60.1 Å². The van der Waals surface area contributed by atoms with Crippen LogP contribution in [-0.4, -0.2) is 28.4 Å². The quantitative estimate of drug-likeness (QED) is 0.565. The molecule has 3 rings (SSSR count). The summed E-state index contributed by atoms with van der Waals surface area (Å²) >= 11 is 0. The fraction of sp³-hybridized carbons (Fsp3) is 0.208. The van der Waals surface area contributed by atoms with Crippen LogP contribution in [0.15, 0.2) is 60.7 Å². The van der Waals surface area contributed by atoms with Crippen molar-refractivity contribution in [3.8, 4) is 5.75 Å². The maximum Gasteiger partial charge on any atom is 0.270 e.